The molecule has 9 heteroatoms. The van der Waals surface area contributed by atoms with Crippen LogP contribution in [-0.4, -0.2) is 69.5 Å². The van der Waals surface area contributed by atoms with Crippen LogP contribution < -0.4 is 5.84 Å². The SMILES string of the molecule is Cc1cc2c(s1)[C@]1(CCN(C/C(C=NCCS(C)(=O)=O)=N/N)[C@H](C)C1)OCC2. The number of fused-ring (bicyclic) bond motifs is 2. The second-order valence-electron chi connectivity index (χ2n) is 7.86. The van der Waals surface area contributed by atoms with Gasteiger partial charge in [-0.3, -0.25) is 9.89 Å². The van der Waals surface area contributed by atoms with E-state index < -0.39 is 9.84 Å². The maximum absolute atomic E-state index is 11.2. The minimum Gasteiger partial charge on any atom is -0.369 e. The van der Waals surface area contributed by atoms with Crippen molar-refractivity contribution in [2.75, 3.05) is 38.2 Å². The summed E-state index contributed by atoms with van der Waals surface area (Å²) in [7, 11) is -3.01. The number of ether oxygens (including phenoxy) is 1. The van der Waals surface area contributed by atoms with Crippen molar-refractivity contribution in [3.8, 4) is 0 Å². The Morgan fingerprint density at radius 3 is 3.00 bits per heavy atom. The molecule has 2 aliphatic heterocycles. The molecule has 3 rings (SSSR count). The monoisotopic (exact) mass is 426 g/mol. The Hall–Kier alpha value is -1.29. The first-order valence-corrected chi connectivity index (χ1v) is 12.5. The number of sulfone groups is 1. The highest BCUT2D eigenvalue weighted by molar-refractivity contribution is 7.90. The molecule has 2 aliphatic rings. The van der Waals surface area contributed by atoms with Crippen LogP contribution >= 0.6 is 11.3 Å². The number of hydrogen-bond acceptors (Lipinski definition) is 8. The molecule has 0 saturated carbocycles. The minimum atomic E-state index is -3.01. The number of aliphatic imine (C=N–C) groups is 1. The van der Waals surface area contributed by atoms with Crippen LogP contribution in [-0.2, 0) is 26.6 Å². The zero-order chi connectivity index (χ0) is 20.4. The highest BCUT2D eigenvalue weighted by Crippen LogP contribution is 2.46. The van der Waals surface area contributed by atoms with Crippen LogP contribution in [0, 0.1) is 6.92 Å². The molecule has 1 aromatic heterocycles. The van der Waals surface area contributed by atoms with Gasteiger partial charge >= 0.3 is 0 Å². The van der Waals surface area contributed by atoms with E-state index in [0.29, 0.717) is 18.3 Å². The number of aryl methyl sites for hydroxylation is 1. The molecule has 0 aliphatic carbocycles. The molecule has 0 amide bonds. The summed E-state index contributed by atoms with van der Waals surface area (Å²) in [6.45, 7) is 6.90. The Morgan fingerprint density at radius 2 is 2.32 bits per heavy atom. The molecular weight excluding hydrogens is 396 g/mol. The van der Waals surface area contributed by atoms with E-state index >= 15 is 0 Å². The molecule has 156 valence electrons. The summed E-state index contributed by atoms with van der Waals surface area (Å²) in [4.78, 5) is 9.28. The highest BCUT2D eigenvalue weighted by Gasteiger charge is 2.44. The van der Waals surface area contributed by atoms with Gasteiger partial charge in [0.2, 0.25) is 0 Å². The number of piperidine rings is 1. The third-order valence-corrected chi connectivity index (χ3v) is 7.71. The number of likely N-dealkylation sites (tertiary alicyclic amines) is 1. The van der Waals surface area contributed by atoms with Crippen molar-refractivity contribution >= 4 is 33.1 Å². The topological polar surface area (TPSA) is 97.4 Å². The summed E-state index contributed by atoms with van der Waals surface area (Å²) < 4.78 is 28.7. The van der Waals surface area contributed by atoms with Crippen LogP contribution in [0.25, 0.3) is 0 Å². The maximum atomic E-state index is 11.2. The van der Waals surface area contributed by atoms with Crippen LogP contribution in [0.4, 0.5) is 0 Å². The number of hydrazone groups is 1. The van der Waals surface area contributed by atoms with Crippen molar-refractivity contribution in [1.82, 2.24) is 4.90 Å². The normalized spacial score (nSPS) is 26.8. The zero-order valence-electron chi connectivity index (χ0n) is 16.8. The van der Waals surface area contributed by atoms with Crippen LogP contribution in [0.2, 0.25) is 0 Å². The van der Waals surface area contributed by atoms with Crippen LogP contribution in [0.15, 0.2) is 16.2 Å². The average Bonchev–Trinajstić information content (AvgIpc) is 3.01. The Morgan fingerprint density at radius 1 is 1.54 bits per heavy atom. The van der Waals surface area contributed by atoms with E-state index in [1.165, 1.54) is 21.6 Å². The number of nitrogens with two attached hydrogens (primary N) is 1. The Labute approximate surface area is 171 Å². The van der Waals surface area contributed by atoms with Crippen LogP contribution in [0.1, 0.15) is 35.1 Å². The van der Waals surface area contributed by atoms with Gasteiger partial charge in [-0.15, -0.1) is 11.3 Å². The van der Waals surface area contributed by atoms with E-state index in [1.807, 2.05) is 11.3 Å². The summed E-state index contributed by atoms with van der Waals surface area (Å²) in [6, 6.07) is 2.64. The van der Waals surface area contributed by atoms with Gasteiger partial charge in [-0.05, 0) is 44.7 Å². The van der Waals surface area contributed by atoms with Crippen molar-refractivity contribution in [2.45, 2.75) is 44.8 Å². The van der Waals surface area contributed by atoms with Gasteiger partial charge < -0.3 is 10.6 Å². The van der Waals surface area contributed by atoms with Gasteiger partial charge in [0.1, 0.15) is 15.4 Å². The summed E-state index contributed by atoms with van der Waals surface area (Å²) in [5, 5.41) is 3.84. The molecule has 2 N–H and O–H groups in total. The molecule has 1 fully saturated rings. The predicted molar refractivity (Wildman–Crippen MR) is 115 cm³/mol. The molecule has 0 bridgehead atoms. The number of rotatable bonds is 6. The number of nitrogens with zero attached hydrogens (tertiary/aromatic N) is 3. The Balaban J connectivity index is 1.62. The van der Waals surface area contributed by atoms with E-state index in [0.717, 1.165) is 32.4 Å². The van der Waals surface area contributed by atoms with Crippen molar-refractivity contribution in [3.63, 3.8) is 0 Å². The van der Waals surface area contributed by atoms with E-state index in [-0.39, 0.29) is 17.9 Å². The van der Waals surface area contributed by atoms with Crippen molar-refractivity contribution < 1.29 is 13.2 Å². The first-order chi connectivity index (χ1) is 13.2. The fraction of sp³-hybridized carbons (Fsp3) is 0.684. The zero-order valence-corrected chi connectivity index (χ0v) is 18.5. The largest absolute Gasteiger partial charge is 0.369 e. The lowest BCUT2D eigenvalue weighted by Gasteiger charge is -2.47. The third-order valence-electron chi connectivity index (χ3n) is 5.51. The van der Waals surface area contributed by atoms with Crippen molar-refractivity contribution in [2.24, 2.45) is 15.9 Å². The molecule has 1 saturated heterocycles. The van der Waals surface area contributed by atoms with Crippen LogP contribution in [0.3, 0.4) is 0 Å². The lowest BCUT2D eigenvalue weighted by molar-refractivity contribution is -0.106. The molecule has 0 aromatic carbocycles. The first kappa shape index (κ1) is 21.4. The minimum absolute atomic E-state index is 0.0316. The smallest absolute Gasteiger partial charge is 0.149 e. The molecule has 0 unspecified atom stereocenters. The fourth-order valence-electron chi connectivity index (χ4n) is 4.10. The van der Waals surface area contributed by atoms with E-state index in [2.05, 4.69) is 34.9 Å². The van der Waals surface area contributed by atoms with Gasteiger partial charge in [0.25, 0.3) is 0 Å². The lowest BCUT2D eigenvalue weighted by atomic mass is 9.82. The van der Waals surface area contributed by atoms with Gasteiger partial charge in [0.05, 0.1) is 24.6 Å². The number of thiophene rings is 1. The fourth-order valence-corrected chi connectivity index (χ4v) is 5.78. The lowest BCUT2D eigenvalue weighted by Crippen LogP contribution is -2.51. The van der Waals surface area contributed by atoms with Gasteiger partial charge in [0, 0.05) is 41.4 Å². The maximum Gasteiger partial charge on any atom is 0.149 e. The van der Waals surface area contributed by atoms with Gasteiger partial charge in [-0.2, -0.15) is 5.10 Å². The van der Waals surface area contributed by atoms with E-state index in [9.17, 15) is 8.42 Å². The molecule has 0 radical (unpaired) electrons. The average molecular weight is 427 g/mol. The van der Waals surface area contributed by atoms with E-state index in [4.69, 9.17) is 10.6 Å². The van der Waals surface area contributed by atoms with Crippen molar-refractivity contribution in [3.05, 3.63) is 21.4 Å². The quantitative estimate of drug-likeness (QED) is 0.424. The molecule has 1 aromatic rings. The summed E-state index contributed by atoms with van der Waals surface area (Å²) in [5.74, 6) is 5.57. The van der Waals surface area contributed by atoms with Crippen LogP contribution in [0.5, 0.6) is 0 Å². The number of hydrogen-bond donors (Lipinski definition) is 1. The second kappa shape index (κ2) is 8.61. The molecule has 7 nitrogen and oxygen atoms in total. The summed E-state index contributed by atoms with van der Waals surface area (Å²) in [5.41, 5.74) is 1.96. The van der Waals surface area contributed by atoms with Gasteiger partial charge in [-0.25, -0.2) is 8.42 Å². The summed E-state index contributed by atoms with van der Waals surface area (Å²) in [6.07, 6.45) is 5.71. The molecular formula is C19H30N4O3S2. The predicted octanol–water partition coefficient (Wildman–Crippen LogP) is 1.74. The van der Waals surface area contributed by atoms with Gasteiger partial charge in [0.15, 0.2) is 0 Å². The highest BCUT2D eigenvalue weighted by atomic mass is 32.2. The molecule has 1 spiro atoms. The van der Waals surface area contributed by atoms with Gasteiger partial charge in [-0.1, -0.05) is 0 Å². The third kappa shape index (κ3) is 5.00. The Bertz CT molecular complexity index is 863. The van der Waals surface area contributed by atoms with Crippen molar-refractivity contribution in [1.29, 1.82) is 0 Å². The molecule has 3 heterocycles. The molecule has 28 heavy (non-hydrogen) atoms. The standard InChI is InChI=1S/C19H30N4O3S2/c1-14-11-19(18-16(4-8-26-19)10-15(2)27-18)5-7-23(14)13-17(22-20)12-21-6-9-28(3,24)25/h10,12,14H,4-9,11,13,20H2,1-3H3/b21-12?,22-17+/t14-,19-/m1/s1. The first-order valence-electron chi connectivity index (χ1n) is 9.64. The summed E-state index contributed by atoms with van der Waals surface area (Å²) >= 11 is 1.88. The van der Waals surface area contributed by atoms with E-state index in [1.54, 1.807) is 6.21 Å². The Kier molecular flexibility index (Phi) is 6.58. The molecule has 2 atom stereocenters. The second-order valence-corrected chi connectivity index (χ2v) is 11.4.